The number of rotatable bonds is 4. The first-order valence-corrected chi connectivity index (χ1v) is 10.3. The van der Waals surface area contributed by atoms with Gasteiger partial charge in [0.25, 0.3) is 5.91 Å². The molecular weight excluding hydrogens is 410 g/mol. The molecule has 1 fully saturated rings. The molecule has 3 amide bonds. The topological polar surface area (TPSA) is 87.2 Å². The van der Waals surface area contributed by atoms with Gasteiger partial charge in [-0.2, -0.15) is 0 Å². The van der Waals surface area contributed by atoms with Gasteiger partial charge in [-0.25, -0.2) is 4.79 Å². The highest BCUT2D eigenvalue weighted by Crippen LogP contribution is 2.34. The number of urea groups is 1. The SMILES string of the molecule is O=C(Nc1ccccc1)c1nnc([C@H]2CCCN2C(=O)Nc2ccc(Cl)cc2)s1. The zero-order chi connectivity index (χ0) is 20.2. The van der Waals surface area contributed by atoms with E-state index in [1.807, 2.05) is 18.2 Å². The first-order valence-electron chi connectivity index (χ1n) is 9.13. The Kier molecular flexibility index (Phi) is 5.73. The lowest BCUT2D eigenvalue weighted by Crippen LogP contribution is -2.34. The second-order valence-electron chi connectivity index (χ2n) is 6.55. The third-order valence-corrected chi connectivity index (χ3v) is 5.84. The number of para-hydroxylation sites is 1. The molecule has 0 radical (unpaired) electrons. The van der Waals surface area contributed by atoms with Crippen LogP contribution >= 0.6 is 22.9 Å². The zero-order valence-corrected chi connectivity index (χ0v) is 16.9. The summed E-state index contributed by atoms with van der Waals surface area (Å²) in [6.45, 7) is 0.620. The molecule has 148 valence electrons. The molecule has 1 aliphatic rings. The first-order chi connectivity index (χ1) is 14.1. The van der Waals surface area contributed by atoms with E-state index in [2.05, 4.69) is 20.8 Å². The van der Waals surface area contributed by atoms with E-state index in [9.17, 15) is 9.59 Å². The monoisotopic (exact) mass is 427 g/mol. The van der Waals surface area contributed by atoms with Gasteiger partial charge in [-0.05, 0) is 49.2 Å². The molecule has 9 heteroatoms. The second-order valence-corrected chi connectivity index (χ2v) is 8.00. The Balaban J connectivity index is 1.44. The van der Waals surface area contributed by atoms with Gasteiger partial charge >= 0.3 is 6.03 Å². The van der Waals surface area contributed by atoms with Gasteiger partial charge in [0.1, 0.15) is 5.01 Å². The average molecular weight is 428 g/mol. The number of hydrogen-bond donors (Lipinski definition) is 2. The molecule has 2 aromatic carbocycles. The van der Waals surface area contributed by atoms with Crippen LogP contribution in [0.15, 0.2) is 54.6 Å². The smallest absolute Gasteiger partial charge is 0.320 e. The van der Waals surface area contributed by atoms with Gasteiger partial charge in [-0.15, -0.1) is 10.2 Å². The molecule has 1 atom stereocenters. The number of nitrogens with zero attached hydrogens (tertiary/aromatic N) is 3. The number of amides is 3. The average Bonchev–Trinajstić information content (AvgIpc) is 3.40. The van der Waals surface area contributed by atoms with Crippen molar-refractivity contribution in [3.8, 4) is 0 Å². The summed E-state index contributed by atoms with van der Waals surface area (Å²) >= 11 is 7.10. The molecule has 1 aromatic heterocycles. The summed E-state index contributed by atoms with van der Waals surface area (Å²) in [7, 11) is 0. The first kappa shape index (κ1) is 19.4. The number of carbonyl (C=O) groups is 2. The van der Waals surface area contributed by atoms with Crippen LogP contribution in [0.25, 0.3) is 0 Å². The van der Waals surface area contributed by atoms with Gasteiger partial charge in [0, 0.05) is 22.9 Å². The van der Waals surface area contributed by atoms with Crippen LogP contribution in [-0.2, 0) is 0 Å². The molecule has 29 heavy (non-hydrogen) atoms. The van der Waals surface area contributed by atoms with Crippen LogP contribution < -0.4 is 10.6 Å². The molecule has 2 heterocycles. The van der Waals surface area contributed by atoms with Crippen LogP contribution in [0.2, 0.25) is 5.02 Å². The summed E-state index contributed by atoms with van der Waals surface area (Å²) in [6, 6.07) is 15.7. The van der Waals surface area contributed by atoms with Crippen molar-refractivity contribution in [2.75, 3.05) is 17.2 Å². The molecular formula is C20H18ClN5O2S. The minimum absolute atomic E-state index is 0.196. The maximum Gasteiger partial charge on any atom is 0.322 e. The zero-order valence-electron chi connectivity index (χ0n) is 15.3. The van der Waals surface area contributed by atoms with E-state index in [4.69, 9.17) is 11.6 Å². The van der Waals surface area contributed by atoms with Crippen LogP contribution in [0.5, 0.6) is 0 Å². The summed E-state index contributed by atoms with van der Waals surface area (Å²) in [5, 5.41) is 15.4. The van der Waals surface area contributed by atoms with E-state index in [0.717, 1.165) is 12.8 Å². The molecule has 0 bridgehead atoms. The lowest BCUT2D eigenvalue weighted by Gasteiger charge is -2.23. The van der Waals surface area contributed by atoms with E-state index in [-0.39, 0.29) is 23.0 Å². The van der Waals surface area contributed by atoms with Crippen molar-refractivity contribution in [1.82, 2.24) is 15.1 Å². The summed E-state index contributed by atoms with van der Waals surface area (Å²) in [5.74, 6) is -0.310. The second kappa shape index (κ2) is 8.59. The van der Waals surface area contributed by atoms with Crippen molar-refractivity contribution < 1.29 is 9.59 Å². The number of aromatic nitrogens is 2. The maximum absolute atomic E-state index is 12.7. The number of anilines is 2. The Morgan fingerprint density at radius 2 is 1.72 bits per heavy atom. The minimum atomic E-state index is -0.310. The Hall–Kier alpha value is -2.97. The highest BCUT2D eigenvalue weighted by molar-refractivity contribution is 7.13. The maximum atomic E-state index is 12.7. The lowest BCUT2D eigenvalue weighted by molar-refractivity contribution is 0.102. The van der Waals surface area contributed by atoms with Crippen molar-refractivity contribution >= 4 is 46.3 Å². The molecule has 3 aromatic rings. The third-order valence-electron chi connectivity index (χ3n) is 4.56. The highest BCUT2D eigenvalue weighted by Gasteiger charge is 2.33. The van der Waals surface area contributed by atoms with Gasteiger partial charge in [-0.3, -0.25) is 4.79 Å². The molecule has 0 saturated carbocycles. The molecule has 1 saturated heterocycles. The van der Waals surface area contributed by atoms with Crippen molar-refractivity contribution in [1.29, 1.82) is 0 Å². The fraction of sp³-hybridized carbons (Fsp3) is 0.200. The summed E-state index contributed by atoms with van der Waals surface area (Å²) < 4.78 is 0. The summed E-state index contributed by atoms with van der Waals surface area (Å²) in [5.41, 5.74) is 1.37. The summed E-state index contributed by atoms with van der Waals surface area (Å²) in [4.78, 5) is 26.9. The molecule has 0 unspecified atom stereocenters. The van der Waals surface area contributed by atoms with Gasteiger partial charge in [0.15, 0.2) is 0 Å². The number of hydrogen-bond acceptors (Lipinski definition) is 5. The Labute approximate surface area is 176 Å². The van der Waals surface area contributed by atoms with Gasteiger partial charge < -0.3 is 15.5 Å². The number of nitrogens with one attached hydrogen (secondary N) is 2. The van der Waals surface area contributed by atoms with Crippen molar-refractivity contribution in [3.63, 3.8) is 0 Å². The van der Waals surface area contributed by atoms with E-state index in [0.29, 0.717) is 27.9 Å². The van der Waals surface area contributed by atoms with E-state index >= 15 is 0 Å². The normalized spacial score (nSPS) is 15.9. The van der Waals surface area contributed by atoms with Crippen molar-refractivity contribution in [2.45, 2.75) is 18.9 Å². The van der Waals surface area contributed by atoms with E-state index in [1.54, 1.807) is 41.3 Å². The molecule has 0 spiro atoms. The largest absolute Gasteiger partial charge is 0.322 e. The van der Waals surface area contributed by atoms with Crippen LogP contribution in [0, 0.1) is 0 Å². The number of carbonyl (C=O) groups excluding carboxylic acids is 2. The highest BCUT2D eigenvalue weighted by atomic mass is 35.5. The van der Waals surface area contributed by atoms with Crippen molar-refractivity contribution in [2.24, 2.45) is 0 Å². The molecule has 2 N–H and O–H groups in total. The van der Waals surface area contributed by atoms with Crippen molar-refractivity contribution in [3.05, 3.63) is 69.6 Å². The third kappa shape index (κ3) is 4.55. The standard InChI is InChI=1S/C20H18ClN5O2S/c21-13-8-10-15(11-9-13)23-20(28)26-12-4-7-16(26)18-24-25-19(29-18)17(27)22-14-5-2-1-3-6-14/h1-3,5-6,8-11,16H,4,7,12H2,(H,22,27)(H,23,28)/t16-/m1/s1. The van der Waals surface area contributed by atoms with Gasteiger partial charge in [0.2, 0.25) is 5.01 Å². The number of benzene rings is 2. The van der Waals surface area contributed by atoms with Gasteiger partial charge in [-0.1, -0.05) is 41.1 Å². The Morgan fingerprint density at radius 3 is 2.48 bits per heavy atom. The Bertz CT molecular complexity index is 1010. The van der Waals surface area contributed by atoms with E-state index < -0.39 is 0 Å². The van der Waals surface area contributed by atoms with Gasteiger partial charge in [0.05, 0.1) is 6.04 Å². The molecule has 0 aliphatic carbocycles. The molecule has 7 nitrogen and oxygen atoms in total. The van der Waals surface area contributed by atoms with Crippen LogP contribution in [0.1, 0.15) is 33.7 Å². The van der Waals surface area contributed by atoms with Crippen LogP contribution in [0.3, 0.4) is 0 Å². The number of halogens is 1. The number of likely N-dealkylation sites (tertiary alicyclic amines) is 1. The van der Waals surface area contributed by atoms with Crippen LogP contribution in [-0.4, -0.2) is 33.6 Å². The minimum Gasteiger partial charge on any atom is -0.320 e. The predicted octanol–water partition coefficient (Wildman–Crippen LogP) is 4.81. The Morgan fingerprint density at radius 1 is 1.00 bits per heavy atom. The van der Waals surface area contributed by atoms with Crippen LogP contribution in [0.4, 0.5) is 16.2 Å². The fourth-order valence-corrected chi connectivity index (χ4v) is 4.17. The van der Waals surface area contributed by atoms with E-state index in [1.165, 1.54) is 11.3 Å². The lowest BCUT2D eigenvalue weighted by atomic mass is 10.2. The summed E-state index contributed by atoms with van der Waals surface area (Å²) in [6.07, 6.45) is 1.65. The molecule has 4 rings (SSSR count). The molecule has 1 aliphatic heterocycles. The fourth-order valence-electron chi connectivity index (χ4n) is 3.16. The predicted molar refractivity (Wildman–Crippen MR) is 113 cm³/mol. The quantitative estimate of drug-likeness (QED) is 0.625.